The van der Waals surface area contributed by atoms with Gasteiger partial charge in [-0.2, -0.15) is 0 Å². The second-order valence-electron chi connectivity index (χ2n) is 6.66. The van der Waals surface area contributed by atoms with E-state index in [9.17, 15) is 9.59 Å². The molecule has 0 spiro atoms. The third kappa shape index (κ3) is 4.20. The summed E-state index contributed by atoms with van der Waals surface area (Å²) < 4.78 is 0. The first-order valence-electron chi connectivity index (χ1n) is 8.93. The van der Waals surface area contributed by atoms with Crippen molar-refractivity contribution in [1.82, 2.24) is 9.80 Å². The van der Waals surface area contributed by atoms with Crippen LogP contribution in [-0.2, 0) is 4.79 Å². The Balaban J connectivity index is 1.56. The summed E-state index contributed by atoms with van der Waals surface area (Å²) in [6.45, 7) is 6.31. The molecule has 1 fully saturated rings. The Morgan fingerprint density at radius 3 is 2.15 bits per heavy atom. The highest BCUT2D eigenvalue weighted by atomic mass is 16.2. The van der Waals surface area contributed by atoms with Gasteiger partial charge in [0.05, 0.1) is 0 Å². The van der Waals surface area contributed by atoms with Crippen LogP contribution in [-0.4, -0.2) is 47.8 Å². The molecule has 0 unspecified atom stereocenters. The molecule has 0 aromatic heterocycles. The van der Waals surface area contributed by atoms with E-state index in [1.165, 1.54) is 5.56 Å². The Kier molecular flexibility index (Phi) is 5.52. The second kappa shape index (κ2) is 8.00. The molecule has 0 bridgehead atoms. The number of hydrogen-bond donors (Lipinski definition) is 0. The van der Waals surface area contributed by atoms with Crippen molar-refractivity contribution in [2.45, 2.75) is 13.8 Å². The summed E-state index contributed by atoms with van der Waals surface area (Å²) in [6.07, 6.45) is 3.44. The summed E-state index contributed by atoms with van der Waals surface area (Å²) in [6, 6.07) is 15.6. The number of amides is 2. The zero-order valence-electron chi connectivity index (χ0n) is 15.3. The zero-order valence-corrected chi connectivity index (χ0v) is 15.3. The van der Waals surface area contributed by atoms with Crippen molar-refractivity contribution in [2.24, 2.45) is 0 Å². The third-order valence-electron chi connectivity index (χ3n) is 4.85. The van der Waals surface area contributed by atoms with Gasteiger partial charge in [0.15, 0.2) is 0 Å². The first-order chi connectivity index (χ1) is 12.5. The number of piperazine rings is 1. The molecule has 2 aromatic carbocycles. The van der Waals surface area contributed by atoms with E-state index in [1.807, 2.05) is 73.4 Å². The van der Waals surface area contributed by atoms with Gasteiger partial charge in [0.25, 0.3) is 5.91 Å². The molecular weight excluding hydrogens is 324 g/mol. The lowest BCUT2D eigenvalue weighted by Crippen LogP contribution is -2.50. The molecule has 26 heavy (non-hydrogen) atoms. The predicted molar refractivity (Wildman–Crippen MR) is 104 cm³/mol. The molecule has 1 heterocycles. The van der Waals surface area contributed by atoms with Crippen LogP contribution in [0.1, 0.15) is 27.0 Å². The van der Waals surface area contributed by atoms with Gasteiger partial charge in [-0.15, -0.1) is 0 Å². The number of aryl methyl sites for hydroxylation is 2. The standard InChI is InChI=1S/C22H24N2O2/c1-17-8-10-20(16-18(17)2)22(26)24-14-12-23(13-15-24)21(25)11-9-19-6-4-3-5-7-19/h3-11,16H,12-15H2,1-2H3/b11-9+. The normalized spacial score (nSPS) is 14.7. The van der Waals surface area contributed by atoms with Gasteiger partial charge < -0.3 is 9.80 Å². The molecule has 1 aliphatic rings. The van der Waals surface area contributed by atoms with E-state index >= 15 is 0 Å². The summed E-state index contributed by atoms with van der Waals surface area (Å²) in [7, 11) is 0. The average molecular weight is 348 g/mol. The molecule has 1 aliphatic heterocycles. The SMILES string of the molecule is Cc1ccc(C(=O)N2CCN(C(=O)/C=C/c3ccccc3)CC2)cc1C. The Hall–Kier alpha value is -2.88. The monoisotopic (exact) mass is 348 g/mol. The van der Waals surface area contributed by atoms with E-state index in [0.29, 0.717) is 26.2 Å². The van der Waals surface area contributed by atoms with Gasteiger partial charge in [0.2, 0.25) is 5.91 Å². The van der Waals surface area contributed by atoms with Gasteiger partial charge in [-0.3, -0.25) is 9.59 Å². The molecular formula is C22H24N2O2. The fourth-order valence-corrected chi connectivity index (χ4v) is 3.02. The summed E-state index contributed by atoms with van der Waals surface area (Å²) in [5.74, 6) is 0.0344. The molecule has 134 valence electrons. The van der Waals surface area contributed by atoms with Crippen molar-refractivity contribution in [3.05, 3.63) is 76.9 Å². The Morgan fingerprint density at radius 2 is 1.50 bits per heavy atom. The lowest BCUT2D eigenvalue weighted by atomic mass is 10.1. The van der Waals surface area contributed by atoms with Crippen molar-refractivity contribution in [1.29, 1.82) is 0 Å². The van der Waals surface area contributed by atoms with Crippen molar-refractivity contribution >= 4 is 17.9 Å². The molecule has 2 aromatic rings. The van der Waals surface area contributed by atoms with Gasteiger partial charge >= 0.3 is 0 Å². The van der Waals surface area contributed by atoms with E-state index in [0.717, 1.165) is 16.7 Å². The quantitative estimate of drug-likeness (QED) is 0.799. The minimum Gasteiger partial charge on any atom is -0.336 e. The average Bonchev–Trinajstić information content (AvgIpc) is 2.68. The van der Waals surface area contributed by atoms with Crippen LogP contribution in [0.4, 0.5) is 0 Å². The highest BCUT2D eigenvalue weighted by molar-refractivity contribution is 5.95. The van der Waals surface area contributed by atoms with Gasteiger partial charge in [-0.1, -0.05) is 36.4 Å². The molecule has 0 N–H and O–H groups in total. The first kappa shape index (κ1) is 17.9. The Labute approximate surface area is 154 Å². The van der Waals surface area contributed by atoms with E-state index in [1.54, 1.807) is 11.0 Å². The number of carbonyl (C=O) groups excluding carboxylic acids is 2. The van der Waals surface area contributed by atoms with Crippen molar-refractivity contribution in [2.75, 3.05) is 26.2 Å². The van der Waals surface area contributed by atoms with Crippen LogP contribution in [0.5, 0.6) is 0 Å². The highest BCUT2D eigenvalue weighted by Gasteiger charge is 2.24. The number of hydrogen-bond acceptors (Lipinski definition) is 2. The van der Waals surface area contributed by atoms with Crippen LogP contribution in [0.3, 0.4) is 0 Å². The molecule has 0 aliphatic carbocycles. The molecule has 4 heteroatoms. The largest absolute Gasteiger partial charge is 0.336 e. The molecule has 0 atom stereocenters. The van der Waals surface area contributed by atoms with Crippen LogP contribution >= 0.6 is 0 Å². The summed E-state index contributed by atoms with van der Waals surface area (Å²) in [4.78, 5) is 28.6. The van der Waals surface area contributed by atoms with Gasteiger partial charge in [-0.25, -0.2) is 0 Å². The van der Waals surface area contributed by atoms with Crippen molar-refractivity contribution in [3.8, 4) is 0 Å². The van der Waals surface area contributed by atoms with Crippen LogP contribution < -0.4 is 0 Å². The second-order valence-corrected chi connectivity index (χ2v) is 6.66. The van der Waals surface area contributed by atoms with Crippen LogP contribution in [0.15, 0.2) is 54.6 Å². The van der Waals surface area contributed by atoms with Crippen LogP contribution in [0, 0.1) is 13.8 Å². The highest BCUT2D eigenvalue weighted by Crippen LogP contribution is 2.14. The zero-order chi connectivity index (χ0) is 18.5. The minimum absolute atomic E-state index is 0.00728. The summed E-state index contributed by atoms with van der Waals surface area (Å²) >= 11 is 0. The third-order valence-corrected chi connectivity index (χ3v) is 4.85. The number of rotatable bonds is 3. The lowest BCUT2D eigenvalue weighted by Gasteiger charge is -2.34. The number of benzene rings is 2. The van der Waals surface area contributed by atoms with Crippen molar-refractivity contribution < 1.29 is 9.59 Å². The van der Waals surface area contributed by atoms with E-state index in [2.05, 4.69) is 0 Å². The number of nitrogens with zero attached hydrogens (tertiary/aromatic N) is 2. The molecule has 4 nitrogen and oxygen atoms in total. The molecule has 3 rings (SSSR count). The fraction of sp³-hybridized carbons (Fsp3) is 0.273. The van der Waals surface area contributed by atoms with Crippen LogP contribution in [0.2, 0.25) is 0 Å². The van der Waals surface area contributed by atoms with Crippen molar-refractivity contribution in [3.63, 3.8) is 0 Å². The molecule has 0 saturated carbocycles. The van der Waals surface area contributed by atoms with Crippen LogP contribution in [0.25, 0.3) is 6.08 Å². The lowest BCUT2D eigenvalue weighted by molar-refractivity contribution is -0.127. The Bertz CT molecular complexity index is 819. The summed E-state index contributed by atoms with van der Waals surface area (Å²) in [5, 5.41) is 0. The maximum Gasteiger partial charge on any atom is 0.253 e. The topological polar surface area (TPSA) is 40.6 Å². The molecule has 0 radical (unpaired) electrons. The maximum absolute atomic E-state index is 12.7. The van der Waals surface area contributed by atoms with E-state index < -0.39 is 0 Å². The Morgan fingerprint density at radius 1 is 0.846 bits per heavy atom. The molecule has 1 saturated heterocycles. The van der Waals surface area contributed by atoms with E-state index in [4.69, 9.17) is 0 Å². The minimum atomic E-state index is -0.00728. The maximum atomic E-state index is 12.7. The predicted octanol–water partition coefficient (Wildman–Crippen LogP) is 3.30. The number of carbonyl (C=O) groups is 2. The first-order valence-corrected chi connectivity index (χ1v) is 8.93. The fourth-order valence-electron chi connectivity index (χ4n) is 3.02. The van der Waals surface area contributed by atoms with Gasteiger partial charge in [0.1, 0.15) is 0 Å². The van der Waals surface area contributed by atoms with Gasteiger partial charge in [-0.05, 0) is 48.7 Å². The molecule has 2 amide bonds. The van der Waals surface area contributed by atoms with Gasteiger partial charge in [0, 0.05) is 37.8 Å². The van der Waals surface area contributed by atoms with E-state index in [-0.39, 0.29) is 11.8 Å². The summed E-state index contributed by atoms with van der Waals surface area (Å²) in [5.41, 5.74) is 4.03. The smallest absolute Gasteiger partial charge is 0.253 e.